The summed E-state index contributed by atoms with van der Waals surface area (Å²) in [6.07, 6.45) is 0. The van der Waals surface area contributed by atoms with E-state index in [1.807, 2.05) is 32.0 Å². The molecular weight excluding hydrogens is 266 g/mol. The van der Waals surface area contributed by atoms with Crippen molar-refractivity contribution in [3.05, 3.63) is 23.8 Å². The summed E-state index contributed by atoms with van der Waals surface area (Å²) in [5.41, 5.74) is 0.929. The summed E-state index contributed by atoms with van der Waals surface area (Å²) in [5.74, 6) is 1.24. The number of nitrogens with zero attached hydrogens (tertiary/aromatic N) is 1. The molecule has 0 heterocycles. The Morgan fingerprint density at radius 3 is 2.42 bits per heavy atom. The Morgan fingerprint density at radius 2 is 1.95 bits per heavy atom. The van der Waals surface area contributed by atoms with Crippen LogP contribution in [-0.2, 0) is 4.79 Å². The number of hydrogen-bond acceptors (Lipinski definition) is 3. The van der Waals surface area contributed by atoms with Crippen LogP contribution in [0.3, 0.4) is 0 Å². The number of ether oxygens (including phenoxy) is 2. The molecule has 1 rings (SSSR count). The zero-order chi connectivity index (χ0) is 13.7. The lowest BCUT2D eigenvalue weighted by Gasteiger charge is -2.18. The third-order valence-electron chi connectivity index (χ3n) is 2.80. The fourth-order valence-electron chi connectivity index (χ4n) is 1.76. The van der Waals surface area contributed by atoms with E-state index in [9.17, 15) is 4.79 Å². The number of benzene rings is 1. The highest BCUT2D eigenvalue weighted by Crippen LogP contribution is 2.31. The maximum atomic E-state index is 11.9. The van der Waals surface area contributed by atoms with Gasteiger partial charge in [-0.25, -0.2) is 0 Å². The van der Waals surface area contributed by atoms with Crippen molar-refractivity contribution in [3.63, 3.8) is 0 Å². The van der Waals surface area contributed by atoms with Gasteiger partial charge in [-0.15, -0.1) is 12.4 Å². The van der Waals surface area contributed by atoms with Crippen LogP contribution in [0.15, 0.2) is 18.2 Å². The number of halogens is 1. The zero-order valence-electron chi connectivity index (χ0n) is 12.1. The van der Waals surface area contributed by atoms with Crippen molar-refractivity contribution >= 4 is 18.3 Å². The normalized spacial score (nSPS) is 11.2. The van der Waals surface area contributed by atoms with Gasteiger partial charge in [-0.1, -0.05) is 6.07 Å². The van der Waals surface area contributed by atoms with Crippen LogP contribution in [-0.4, -0.2) is 38.6 Å². The van der Waals surface area contributed by atoms with E-state index < -0.39 is 0 Å². The standard InChI is InChI=1S/C14H21NO3.ClH/c1-6-18-13-9-11(7-8-12(13)17-5)10(2)14(16)15(3)4;/h7-10H,6H2,1-5H3;1H. The molecule has 1 aromatic carbocycles. The monoisotopic (exact) mass is 287 g/mol. The molecule has 108 valence electrons. The van der Waals surface area contributed by atoms with Crippen molar-refractivity contribution in [1.29, 1.82) is 0 Å². The predicted octanol–water partition coefficient (Wildman–Crippen LogP) is 2.71. The van der Waals surface area contributed by atoms with Crippen LogP contribution in [0.2, 0.25) is 0 Å². The molecule has 0 spiro atoms. The SMILES string of the molecule is CCOc1cc(C(C)C(=O)N(C)C)ccc1OC.Cl. The van der Waals surface area contributed by atoms with E-state index in [2.05, 4.69) is 0 Å². The number of carbonyl (C=O) groups is 1. The Hall–Kier alpha value is -1.42. The van der Waals surface area contributed by atoms with Gasteiger partial charge in [0.2, 0.25) is 5.91 Å². The molecule has 0 aromatic heterocycles. The molecule has 1 amide bonds. The number of methoxy groups -OCH3 is 1. The average Bonchev–Trinajstić information content (AvgIpc) is 2.37. The first-order valence-electron chi connectivity index (χ1n) is 6.03. The van der Waals surface area contributed by atoms with Crippen LogP contribution in [0.5, 0.6) is 11.5 Å². The summed E-state index contributed by atoms with van der Waals surface area (Å²) in [7, 11) is 5.11. The highest BCUT2D eigenvalue weighted by Gasteiger charge is 2.18. The molecule has 0 saturated heterocycles. The van der Waals surface area contributed by atoms with Gasteiger partial charge in [-0.3, -0.25) is 4.79 Å². The molecule has 5 heteroatoms. The minimum absolute atomic E-state index is 0. The summed E-state index contributed by atoms with van der Waals surface area (Å²) < 4.78 is 10.7. The molecule has 1 unspecified atom stereocenters. The molecule has 1 aromatic rings. The smallest absolute Gasteiger partial charge is 0.229 e. The van der Waals surface area contributed by atoms with Crippen molar-refractivity contribution in [1.82, 2.24) is 4.90 Å². The molecule has 0 fully saturated rings. The molecular formula is C14H22ClNO3. The van der Waals surface area contributed by atoms with Gasteiger partial charge in [-0.05, 0) is 31.5 Å². The lowest BCUT2D eigenvalue weighted by atomic mass is 9.99. The van der Waals surface area contributed by atoms with Gasteiger partial charge in [0, 0.05) is 14.1 Å². The molecule has 0 bridgehead atoms. The van der Waals surface area contributed by atoms with Gasteiger partial charge in [0.15, 0.2) is 11.5 Å². The first-order valence-corrected chi connectivity index (χ1v) is 6.03. The second kappa shape index (κ2) is 7.89. The largest absolute Gasteiger partial charge is 0.493 e. The van der Waals surface area contributed by atoms with E-state index in [4.69, 9.17) is 9.47 Å². The first-order chi connectivity index (χ1) is 8.51. The van der Waals surface area contributed by atoms with E-state index in [1.54, 1.807) is 26.1 Å². The van der Waals surface area contributed by atoms with Crippen molar-refractivity contribution in [3.8, 4) is 11.5 Å². The van der Waals surface area contributed by atoms with E-state index in [-0.39, 0.29) is 24.2 Å². The Labute approximate surface area is 121 Å². The van der Waals surface area contributed by atoms with Crippen molar-refractivity contribution in [2.45, 2.75) is 19.8 Å². The quantitative estimate of drug-likeness (QED) is 0.836. The summed E-state index contributed by atoms with van der Waals surface area (Å²) in [6, 6.07) is 5.60. The molecule has 0 aliphatic rings. The lowest BCUT2D eigenvalue weighted by Crippen LogP contribution is -2.26. The number of likely N-dealkylation sites (N-methyl/N-ethyl adjacent to an activating group) is 1. The molecule has 0 aliphatic heterocycles. The summed E-state index contributed by atoms with van der Waals surface area (Å²) in [4.78, 5) is 13.5. The van der Waals surface area contributed by atoms with Gasteiger partial charge in [0.05, 0.1) is 19.6 Å². The molecule has 0 aliphatic carbocycles. The predicted molar refractivity (Wildman–Crippen MR) is 78.5 cm³/mol. The highest BCUT2D eigenvalue weighted by molar-refractivity contribution is 5.85. The summed E-state index contributed by atoms with van der Waals surface area (Å²) in [5, 5.41) is 0. The first kappa shape index (κ1) is 17.6. The van der Waals surface area contributed by atoms with E-state index in [1.165, 1.54) is 0 Å². The maximum absolute atomic E-state index is 11.9. The van der Waals surface area contributed by atoms with E-state index in [0.717, 1.165) is 5.56 Å². The van der Waals surface area contributed by atoms with Crippen LogP contribution in [0.4, 0.5) is 0 Å². The number of hydrogen-bond donors (Lipinski definition) is 0. The van der Waals surface area contributed by atoms with Crippen molar-refractivity contribution < 1.29 is 14.3 Å². The molecule has 19 heavy (non-hydrogen) atoms. The molecule has 4 nitrogen and oxygen atoms in total. The number of carbonyl (C=O) groups excluding carboxylic acids is 1. The maximum Gasteiger partial charge on any atom is 0.229 e. The topological polar surface area (TPSA) is 38.8 Å². The minimum atomic E-state index is -0.190. The number of rotatable bonds is 5. The van der Waals surface area contributed by atoms with Gasteiger partial charge in [0.25, 0.3) is 0 Å². The third-order valence-corrected chi connectivity index (χ3v) is 2.80. The fraction of sp³-hybridized carbons (Fsp3) is 0.500. The van der Waals surface area contributed by atoms with Crippen molar-refractivity contribution in [2.75, 3.05) is 27.8 Å². The van der Waals surface area contributed by atoms with Crippen LogP contribution < -0.4 is 9.47 Å². The van der Waals surface area contributed by atoms with Crippen LogP contribution in [0.25, 0.3) is 0 Å². The second-order valence-electron chi connectivity index (χ2n) is 4.30. The van der Waals surface area contributed by atoms with E-state index in [0.29, 0.717) is 18.1 Å². The summed E-state index contributed by atoms with van der Waals surface area (Å²) in [6.45, 7) is 4.37. The average molecular weight is 288 g/mol. The Bertz CT molecular complexity index is 421. The van der Waals surface area contributed by atoms with Crippen molar-refractivity contribution in [2.24, 2.45) is 0 Å². The van der Waals surface area contributed by atoms with E-state index >= 15 is 0 Å². The second-order valence-corrected chi connectivity index (χ2v) is 4.30. The molecule has 0 radical (unpaired) electrons. The third kappa shape index (κ3) is 4.31. The number of amides is 1. The minimum Gasteiger partial charge on any atom is -0.493 e. The highest BCUT2D eigenvalue weighted by atomic mass is 35.5. The molecule has 1 atom stereocenters. The Balaban J connectivity index is 0.00000324. The fourth-order valence-corrected chi connectivity index (χ4v) is 1.76. The van der Waals surface area contributed by atoms with Crippen LogP contribution >= 0.6 is 12.4 Å². The Morgan fingerprint density at radius 1 is 1.32 bits per heavy atom. The van der Waals surface area contributed by atoms with Crippen LogP contribution in [0.1, 0.15) is 25.3 Å². The molecule has 0 N–H and O–H groups in total. The summed E-state index contributed by atoms with van der Waals surface area (Å²) >= 11 is 0. The van der Waals surface area contributed by atoms with Gasteiger partial charge >= 0.3 is 0 Å². The van der Waals surface area contributed by atoms with Gasteiger partial charge < -0.3 is 14.4 Å². The molecule has 0 saturated carbocycles. The van der Waals surface area contributed by atoms with Gasteiger partial charge in [0.1, 0.15) is 0 Å². The zero-order valence-corrected chi connectivity index (χ0v) is 12.9. The van der Waals surface area contributed by atoms with Crippen LogP contribution in [0, 0.1) is 0 Å². The Kier molecular flexibility index (Phi) is 7.30. The van der Waals surface area contributed by atoms with Gasteiger partial charge in [-0.2, -0.15) is 0 Å². The lowest BCUT2D eigenvalue weighted by molar-refractivity contribution is -0.129.